The minimum Gasteiger partial charge on any atom is -0.330 e. The van der Waals surface area contributed by atoms with Crippen molar-refractivity contribution in [2.24, 2.45) is 11.7 Å². The molecule has 2 fully saturated rings. The largest absolute Gasteiger partial charge is 0.330 e. The van der Waals surface area contributed by atoms with Crippen LogP contribution < -0.4 is 11.1 Å². The highest BCUT2D eigenvalue weighted by molar-refractivity contribution is 7.99. The number of hydrogen-bond donors (Lipinski definition) is 2. The standard InChI is InChI=1S/C14H28N2S/c1-17-13-8-6-12(7-9-13)16-14-5-3-2-4-11(14)10-15/h11-14,16H,2-10,15H2,1H3. The third kappa shape index (κ3) is 3.87. The van der Waals surface area contributed by atoms with E-state index in [1.807, 2.05) is 0 Å². The van der Waals surface area contributed by atoms with E-state index in [0.717, 1.165) is 23.8 Å². The predicted molar refractivity (Wildman–Crippen MR) is 77.5 cm³/mol. The van der Waals surface area contributed by atoms with Crippen molar-refractivity contribution in [2.75, 3.05) is 12.8 Å². The molecule has 0 saturated heterocycles. The Bertz CT molecular complexity index is 214. The van der Waals surface area contributed by atoms with Crippen LogP contribution in [-0.4, -0.2) is 30.1 Å². The maximum Gasteiger partial charge on any atom is 0.0110 e. The summed E-state index contributed by atoms with van der Waals surface area (Å²) in [4.78, 5) is 0. The topological polar surface area (TPSA) is 38.0 Å². The third-order valence-corrected chi connectivity index (χ3v) is 5.81. The minimum atomic E-state index is 0.713. The second kappa shape index (κ2) is 7.01. The lowest BCUT2D eigenvalue weighted by Crippen LogP contribution is -2.47. The summed E-state index contributed by atoms with van der Waals surface area (Å²) < 4.78 is 0. The van der Waals surface area contributed by atoms with Gasteiger partial charge in [0.1, 0.15) is 0 Å². The number of thioether (sulfide) groups is 1. The second-order valence-corrected chi connectivity index (χ2v) is 6.90. The van der Waals surface area contributed by atoms with Gasteiger partial charge in [-0.05, 0) is 57.2 Å². The first-order valence-electron chi connectivity index (χ1n) is 7.32. The van der Waals surface area contributed by atoms with Gasteiger partial charge in [-0.1, -0.05) is 12.8 Å². The quantitative estimate of drug-likeness (QED) is 0.812. The van der Waals surface area contributed by atoms with Crippen molar-refractivity contribution in [2.45, 2.75) is 68.7 Å². The fourth-order valence-corrected chi connectivity index (χ4v) is 4.22. The molecular formula is C14H28N2S. The van der Waals surface area contributed by atoms with Crippen molar-refractivity contribution in [1.29, 1.82) is 0 Å². The van der Waals surface area contributed by atoms with Crippen LogP contribution in [0.1, 0.15) is 51.4 Å². The molecule has 2 aliphatic carbocycles. The smallest absolute Gasteiger partial charge is 0.0110 e. The molecule has 0 spiro atoms. The van der Waals surface area contributed by atoms with Crippen molar-refractivity contribution in [3.05, 3.63) is 0 Å². The first kappa shape index (κ1) is 13.7. The fourth-order valence-electron chi connectivity index (χ4n) is 3.48. The number of nitrogens with one attached hydrogen (secondary N) is 1. The summed E-state index contributed by atoms with van der Waals surface area (Å²) in [5.41, 5.74) is 5.90. The summed E-state index contributed by atoms with van der Waals surface area (Å²) in [6, 6.07) is 1.49. The average molecular weight is 256 g/mol. The average Bonchev–Trinajstić information content (AvgIpc) is 2.40. The second-order valence-electron chi connectivity index (χ2n) is 5.76. The summed E-state index contributed by atoms with van der Waals surface area (Å²) in [5, 5.41) is 4.84. The molecule has 0 aliphatic heterocycles. The van der Waals surface area contributed by atoms with Crippen LogP contribution in [-0.2, 0) is 0 Å². The van der Waals surface area contributed by atoms with E-state index in [0.29, 0.717) is 6.04 Å². The maximum absolute atomic E-state index is 5.90. The van der Waals surface area contributed by atoms with Crippen molar-refractivity contribution in [3.63, 3.8) is 0 Å². The summed E-state index contributed by atoms with van der Waals surface area (Å²) in [5.74, 6) is 0.738. The third-order valence-electron chi connectivity index (χ3n) is 4.67. The molecule has 2 saturated carbocycles. The molecular weight excluding hydrogens is 228 g/mol. The van der Waals surface area contributed by atoms with Gasteiger partial charge in [0.05, 0.1) is 0 Å². The van der Waals surface area contributed by atoms with Gasteiger partial charge in [0.25, 0.3) is 0 Å². The van der Waals surface area contributed by atoms with Gasteiger partial charge in [-0.3, -0.25) is 0 Å². The Morgan fingerprint density at radius 1 is 1.06 bits per heavy atom. The highest BCUT2D eigenvalue weighted by Gasteiger charge is 2.28. The zero-order valence-corrected chi connectivity index (χ0v) is 12.0. The minimum absolute atomic E-state index is 0.713. The Morgan fingerprint density at radius 2 is 1.76 bits per heavy atom. The van der Waals surface area contributed by atoms with E-state index in [2.05, 4.69) is 23.3 Å². The Morgan fingerprint density at radius 3 is 2.41 bits per heavy atom. The van der Waals surface area contributed by atoms with Crippen molar-refractivity contribution in [3.8, 4) is 0 Å². The molecule has 100 valence electrons. The van der Waals surface area contributed by atoms with Gasteiger partial charge in [0.2, 0.25) is 0 Å². The van der Waals surface area contributed by atoms with Gasteiger partial charge in [-0.2, -0.15) is 11.8 Å². The highest BCUT2D eigenvalue weighted by atomic mass is 32.2. The van der Waals surface area contributed by atoms with Crippen molar-refractivity contribution in [1.82, 2.24) is 5.32 Å². The zero-order valence-electron chi connectivity index (χ0n) is 11.2. The molecule has 2 atom stereocenters. The molecule has 0 radical (unpaired) electrons. The lowest BCUT2D eigenvalue weighted by Gasteiger charge is -2.37. The molecule has 3 N–H and O–H groups in total. The first-order chi connectivity index (χ1) is 8.33. The monoisotopic (exact) mass is 256 g/mol. The summed E-state index contributed by atoms with van der Waals surface area (Å²) in [6.07, 6.45) is 13.3. The van der Waals surface area contributed by atoms with Crippen LogP contribution in [0.3, 0.4) is 0 Å². The summed E-state index contributed by atoms with van der Waals surface area (Å²) in [6.45, 7) is 0.873. The van der Waals surface area contributed by atoms with E-state index >= 15 is 0 Å². The first-order valence-corrected chi connectivity index (χ1v) is 8.61. The van der Waals surface area contributed by atoms with E-state index in [1.165, 1.54) is 51.4 Å². The lowest BCUT2D eigenvalue weighted by molar-refractivity contribution is 0.228. The molecule has 0 aromatic heterocycles. The molecule has 2 aliphatic rings. The maximum atomic E-state index is 5.90. The SMILES string of the molecule is CSC1CCC(NC2CCCCC2CN)CC1. The molecule has 0 amide bonds. The Labute approximate surface area is 110 Å². The molecule has 0 heterocycles. The highest BCUT2D eigenvalue weighted by Crippen LogP contribution is 2.29. The van der Waals surface area contributed by atoms with E-state index in [4.69, 9.17) is 5.73 Å². The number of nitrogens with two attached hydrogens (primary N) is 1. The molecule has 2 unspecified atom stereocenters. The molecule has 17 heavy (non-hydrogen) atoms. The zero-order chi connectivity index (χ0) is 12.1. The van der Waals surface area contributed by atoms with E-state index < -0.39 is 0 Å². The van der Waals surface area contributed by atoms with E-state index in [9.17, 15) is 0 Å². The van der Waals surface area contributed by atoms with Crippen LogP contribution in [0.25, 0.3) is 0 Å². The molecule has 0 aromatic carbocycles. The Hall–Kier alpha value is 0.270. The molecule has 0 bridgehead atoms. The van der Waals surface area contributed by atoms with Crippen molar-refractivity contribution < 1.29 is 0 Å². The lowest BCUT2D eigenvalue weighted by atomic mass is 9.83. The van der Waals surface area contributed by atoms with Gasteiger partial charge < -0.3 is 11.1 Å². The number of rotatable bonds is 4. The van der Waals surface area contributed by atoms with Crippen LogP contribution in [0, 0.1) is 5.92 Å². The molecule has 0 aromatic rings. The van der Waals surface area contributed by atoms with Gasteiger partial charge in [-0.15, -0.1) is 0 Å². The van der Waals surface area contributed by atoms with Gasteiger partial charge in [-0.25, -0.2) is 0 Å². The van der Waals surface area contributed by atoms with E-state index in [-0.39, 0.29) is 0 Å². The van der Waals surface area contributed by atoms with Crippen molar-refractivity contribution >= 4 is 11.8 Å². The number of hydrogen-bond acceptors (Lipinski definition) is 3. The molecule has 3 heteroatoms. The predicted octanol–water partition coefficient (Wildman–Crippen LogP) is 2.77. The van der Waals surface area contributed by atoms with Crippen LogP contribution in [0.15, 0.2) is 0 Å². The van der Waals surface area contributed by atoms with Gasteiger partial charge in [0, 0.05) is 17.3 Å². The van der Waals surface area contributed by atoms with Crippen LogP contribution in [0.4, 0.5) is 0 Å². The summed E-state index contributed by atoms with van der Waals surface area (Å²) in [7, 11) is 0. The van der Waals surface area contributed by atoms with Gasteiger partial charge in [0.15, 0.2) is 0 Å². The summed E-state index contributed by atoms with van der Waals surface area (Å²) >= 11 is 2.05. The Kier molecular flexibility index (Phi) is 5.64. The molecule has 2 rings (SSSR count). The van der Waals surface area contributed by atoms with Crippen LogP contribution in [0.5, 0.6) is 0 Å². The van der Waals surface area contributed by atoms with E-state index in [1.54, 1.807) is 0 Å². The van der Waals surface area contributed by atoms with Crippen LogP contribution >= 0.6 is 11.8 Å². The Balaban J connectivity index is 1.76. The molecule has 2 nitrogen and oxygen atoms in total. The van der Waals surface area contributed by atoms with Gasteiger partial charge >= 0.3 is 0 Å². The van der Waals surface area contributed by atoms with Crippen LogP contribution in [0.2, 0.25) is 0 Å². The normalized spacial score (nSPS) is 39.2. The fraction of sp³-hybridized carbons (Fsp3) is 1.00.